The predicted molar refractivity (Wildman–Crippen MR) is 97.0 cm³/mol. The number of aliphatic carboxylic acids is 1. The Morgan fingerprint density at radius 2 is 1.67 bits per heavy atom. The third-order valence-corrected chi connectivity index (χ3v) is 3.92. The van der Waals surface area contributed by atoms with Crippen molar-refractivity contribution in [2.24, 2.45) is 0 Å². The van der Waals surface area contributed by atoms with E-state index in [4.69, 9.17) is 24.1 Å². The van der Waals surface area contributed by atoms with Gasteiger partial charge in [0.1, 0.15) is 17.8 Å². The van der Waals surface area contributed by atoms with Crippen LogP contribution in [-0.2, 0) is 11.2 Å². The maximum absolute atomic E-state index is 10.9. The lowest BCUT2D eigenvalue weighted by atomic mass is 10.1. The number of methoxy groups -OCH3 is 3. The molecule has 8 heteroatoms. The SMILES string of the molecule is COc1cc(Oc2ncnc3cc(OC)c(OC)cc23)ccc1CC(=O)O. The molecule has 27 heavy (non-hydrogen) atoms. The molecule has 0 aliphatic carbocycles. The summed E-state index contributed by atoms with van der Waals surface area (Å²) in [5.74, 6) is 1.34. The number of fused-ring (bicyclic) bond motifs is 1. The number of nitrogens with zero attached hydrogens (tertiary/aromatic N) is 2. The molecule has 0 saturated heterocycles. The second kappa shape index (κ2) is 7.77. The minimum Gasteiger partial charge on any atom is -0.496 e. The molecule has 0 aliphatic heterocycles. The van der Waals surface area contributed by atoms with E-state index in [2.05, 4.69) is 9.97 Å². The number of hydrogen-bond acceptors (Lipinski definition) is 7. The molecule has 1 N–H and O–H groups in total. The monoisotopic (exact) mass is 370 g/mol. The molecule has 8 nitrogen and oxygen atoms in total. The lowest BCUT2D eigenvalue weighted by Gasteiger charge is -2.13. The molecule has 2 aromatic carbocycles. The minimum atomic E-state index is -0.940. The summed E-state index contributed by atoms with van der Waals surface area (Å²) in [6, 6.07) is 8.40. The molecule has 0 saturated carbocycles. The maximum atomic E-state index is 10.9. The predicted octanol–water partition coefficient (Wildman–Crippen LogP) is 3.08. The highest BCUT2D eigenvalue weighted by molar-refractivity contribution is 5.87. The quantitative estimate of drug-likeness (QED) is 0.677. The van der Waals surface area contributed by atoms with Gasteiger partial charge in [-0.1, -0.05) is 6.07 Å². The van der Waals surface area contributed by atoms with Crippen molar-refractivity contribution in [3.8, 4) is 28.9 Å². The van der Waals surface area contributed by atoms with E-state index >= 15 is 0 Å². The lowest BCUT2D eigenvalue weighted by Crippen LogP contribution is -2.02. The summed E-state index contributed by atoms with van der Waals surface area (Å²) >= 11 is 0. The highest BCUT2D eigenvalue weighted by Gasteiger charge is 2.14. The van der Waals surface area contributed by atoms with Gasteiger partial charge in [0.25, 0.3) is 0 Å². The van der Waals surface area contributed by atoms with E-state index in [1.807, 2.05) is 0 Å². The zero-order valence-electron chi connectivity index (χ0n) is 15.1. The van der Waals surface area contributed by atoms with E-state index < -0.39 is 5.97 Å². The van der Waals surface area contributed by atoms with Crippen molar-refractivity contribution in [2.45, 2.75) is 6.42 Å². The third-order valence-electron chi connectivity index (χ3n) is 3.92. The van der Waals surface area contributed by atoms with Crippen LogP contribution in [0.3, 0.4) is 0 Å². The first-order valence-electron chi connectivity index (χ1n) is 7.99. The van der Waals surface area contributed by atoms with Crippen LogP contribution in [0.5, 0.6) is 28.9 Å². The largest absolute Gasteiger partial charge is 0.496 e. The van der Waals surface area contributed by atoms with Crippen LogP contribution in [0.2, 0.25) is 0 Å². The Hall–Kier alpha value is -3.55. The highest BCUT2D eigenvalue weighted by atomic mass is 16.5. The summed E-state index contributed by atoms with van der Waals surface area (Å²) in [6.07, 6.45) is 1.25. The van der Waals surface area contributed by atoms with Crippen molar-refractivity contribution in [1.82, 2.24) is 9.97 Å². The van der Waals surface area contributed by atoms with Gasteiger partial charge >= 0.3 is 5.97 Å². The molecule has 1 aromatic heterocycles. The van der Waals surface area contributed by atoms with Crippen LogP contribution in [0, 0.1) is 0 Å². The average molecular weight is 370 g/mol. The standard InChI is InChI=1S/C19H18N2O6/c1-24-15-7-12(5-4-11(15)6-18(22)23)27-19-13-8-16(25-2)17(26-3)9-14(13)20-10-21-19/h4-5,7-10H,6H2,1-3H3,(H,22,23). The van der Waals surface area contributed by atoms with Crippen molar-refractivity contribution in [2.75, 3.05) is 21.3 Å². The van der Waals surface area contributed by atoms with Gasteiger partial charge < -0.3 is 24.1 Å². The van der Waals surface area contributed by atoms with E-state index in [0.717, 1.165) is 0 Å². The van der Waals surface area contributed by atoms with Crippen molar-refractivity contribution in [3.63, 3.8) is 0 Å². The molecule has 0 bridgehead atoms. The maximum Gasteiger partial charge on any atom is 0.307 e. The van der Waals surface area contributed by atoms with Gasteiger partial charge in [0, 0.05) is 17.7 Å². The number of ether oxygens (including phenoxy) is 4. The molecule has 140 valence electrons. The smallest absolute Gasteiger partial charge is 0.307 e. The van der Waals surface area contributed by atoms with E-state index in [0.29, 0.717) is 45.3 Å². The van der Waals surface area contributed by atoms with Gasteiger partial charge in [-0.3, -0.25) is 4.79 Å². The van der Waals surface area contributed by atoms with Gasteiger partial charge in [0.2, 0.25) is 5.88 Å². The Bertz CT molecular complexity index is 989. The highest BCUT2D eigenvalue weighted by Crippen LogP contribution is 2.36. The number of carboxylic acid groups (broad SMARTS) is 1. The molecular formula is C19H18N2O6. The zero-order valence-corrected chi connectivity index (χ0v) is 15.1. The fourth-order valence-electron chi connectivity index (χ4n) is 2.65. The molecule has 0 unspecified atom stereocenters. The molecule has 0 radical (unpaired) electrons. The summed E-state index contributed by atoms with van der Waals surface area (Å²) in [4.78, 5) is 19.4. The van der Waals surface area contributed by atoms with Gasteiger partial charge in [-0.15, -0.1) is 0 Å². The van der Waals surface area contributed by atoms with Crippen LogP contribution in [-0.4, -0.2) is 42.4 Å². The molecular weight excluding hydrogens is 352 g/mol. The van der Waals surface area contributed by atoms with Crippen LogP contribution in [0.4, 0.5) is 0 Å². The number of rotatable bonds is 7. The second-order valence-electron chi connectivity index (χ2n) is 5.55. The van der Waals surface area contributed by atoms with Gasteiger partial charge in [-0.05, 0) is 12.1 Å². The van der Waals surface area contributed by atoms with Crippen LogP contribution in [0.15, 0.2) is 36.7 Å². The molecule has 3 aromatic rings. The Balaban J connectivity index is 2.00. The van der Waals surface area contributed by atoms with E-state index in [1.54, 1.807) is 44.6 Å². The normalized spacial score (nSPS) is 10.5. The third kappa shape index (κ3) is 3.84. The summed E-state index contributed by atoms with van der Waals surface area (Å²) < 4.78 is 21.8. The Morgan fingerprint density at radius 1 is 0.963 bits per heavy atom. The first-order chi connectivity index (χ1) is 13.0. The van der Waals surface area contributed by atoms with Gasteiger partial charge in [0.05, 0.1) is 38.7 Å². The Kier molecular flexibility index (Phi) is 5.25. The summed E-state index contributed by atoms with van der Waals surface area (Å²) in [5.41, 5.74) is 1.18. The molecule has 0 spiro atoms. The Labute approximate surface area is 155 Å². The zero-order chi connectivity index (χ0) is 19.4. The summed E-state index contributed by atoms with van der Waals surface area (Å²) in [5, 5.41) is 9.62. The molecule has 0 fully saturated rings. The van der Waals surface area contributed by atoms with E-state index in [9.17, 15) is 4.79 Å². The van der Waals surface area contributed by atoms with E-state index in [1.165, 1.54) is 13.4 Å². The van der Waals surface area contributed by atoms with Crippen LogP contribution in [0.1, 0.15) is 5.56 Å². The van der Waals surface area contributed by atoms with Crippen molar-refractivity contribution in [1.29, 1.82) is 0 Å². The first-order valence-corrected chi connectivity index (χ1v) is 7.99. The molecule has 3 rings (SSSR count). The van der Waals surface area contributed by atoms with Crippen LogP contribution < -0.4 is 18.9 Å². The number of carboxylic acids is 1. The van der Waals surface area contributed by atoms with Crippen molar-refractivity contribution < 1.29 is 28.8 Å². The molecule has 0 atom stereocenters. The van der Waals surface area contributed by atoms with Gasteiger partial charge in [-0.25, -0.2) is 9.97 Å². The number of aromatic nitrogens is 2. The van der Waals surface area contributed by atoms with Crippen LogP contribution in [0.25, 0.3) is 10.9 Å². The number of hydrogen-bond donors (Lipinski definition) is 1. The van der Waals surface area contributed by atoms with E-state index in [-0.39, 0.29) is 6.42 Å². The molecule has 0 amide bonds. The number of carbonyl (C=O) groups is 1. The van der Waals surface area contributed by atoms with Gasteiger partial charge in [0.15, 0.2) is 11.5 Å². The lowest BCUT2D eigenvalue weighted by molar-refractivity contribution is -0.136. The molecule has 0 aliphatic rings. The first kappa shape index (κ1) is 18.2. The average Bonchev–Trinajstić information content (AvgIpc) is 2.67. The number of benzene rings is 2. The second-order valence-corrected chi connectivity index (χ2v) is 5.55. The van der Waals surface area contributed by atoms with Crippen molar-refractivity contribution >= 4 is 16.9 Å². The van der Waals surface area contributed by atoms with Crippen molar-refractivity contribution in [3.05, 3.63) is 42.2 Å². The summed E-state index contributed by atoms with van der Waals surface area (Å²) in [7, 11) is 4.56. The topological polar surface area (TPSA) is 100 Å². The fourth-order valence-corrected chi connectivity index (χ4v) is 2.65. The van der Waals surface area contributed by atoms with Gasteiger partial charge in [-0.2, -0.15) is 0 Å². The fraction of sp³-hybridized carbons (Fsp3) is 0.211. The minimum absolute atomic E-state index is 0.142. The van der Waals surface area contributed by atoms with Crippen LogP contribution >= 0.6 is 0 Å². The molecule has 1 heterocycles. The Morgan fingerprint density at radius 3 is 2.33 bits per heavy atom. The summed E-state index contributed by atoms with van der Waals surface area (Å²) in [6.45, 7) is 0.